The lowest BCUT2D eigenvalue weighted by atomic mass is 10.1. The summed E-state index contributed by atoms with van der Waals surface area (Å²) in [4.78, 5) is 8.11. The van der Waals surface area contributed by atoms with Crippen LogP contribution in [-0.4, -0.2) is 35.8 Å². The zero-order valence-electron chi connectivity index (χ0n) is 10.9. The summed E-state index contributed by atoms with van der Waals surface area (Å²) in [6.07, 6.45) is 0.896. The number of ether oxygens (including phenoxy) is 1. The molecule has 4 heteroatoms. The molecule has 2 heterocycles. The Hall–Kier alpha value is -1.39. The van der Waals surface area contributed by atoms with Crippen LogP contribution in [0.5, 0.6) is 0 Å². The number of rotatable bonds is 2. The second-order valence-electron chi connectivity index (χ2n) is 5.09. The summed E-state index contributed by atoms with van der Waals surface area (Å²) in [5, 5.41) is 3.45. The molecule has 1 aromatic heterocycles. The monoisotopic (exact) mass is 245 g/mol. The van der Waals surface area contributed by atoms with E-state index in [0.29, 0.717) is 6.04 Å². The fourth-order valence-electron chi connectivity index (χ4n) is 2.60. The average Bonchev–Trinajstić information content (AvgIpc) is 2.73. The first-order valence-electron chi connectivity index (χ1n) is 6.49. The molecule has 1 fully saturated rings. The van der Waals surface area contributed by atoms with E-state index in [1.54, 1.807) is 0 Å². The van der Waals surface area contributed by atoms with Crippen LogP contribution in [0.4, 0.5) is 0 Å². The highest BCUT2D eigenvalue weighted by Gasteiger charge is 2.16. The molecule has 96 valence electrons. The summed E-state index contributed by atoms with van der Waals surface area (Å²) in [6.45, 7) is 6.75. The van der Waals surface area contributed by atoms with Crippen molar-refractivity contribution >= 4 is 11.0 Å². The molecule has 1 aliphatic heterocycles. The van der Waals surface area contributed by atoms with Crippen LogP contribution >= 0.6 is 0 Å². The van der Waals surface area contributed by atoms with E-state index < -0.39 is 0 Å². The molecular weight excluding hydrogens is 226 g/mol. The maximum atomic E-state index is 5.47. The van der Waals surface area contributed by atoms with Crippen LogP contribution in [-0.2, 0) is 11.2 Å². The predicted octanol–water partition coefficient (Wildman–Crippen LogP) is 1.71. The van der Waals surface area contributed by atoms with E-state index in [4.69, 9.17) is 9.72 Å². The smallest absolute Gasteiger partial charge is 0.108 e. The van der Waals surface area contributed by atoms with Gasteiger partial charge in [-0.15, -0.1) is 0 Å². The standard InChI is InChI=1S/C14H19N3O/c1-9-5-10(2)14-12(6-9)16-13(17-14)7-11-8-18-4-3-15-11/h5-6,11,15H,3-4,7-8H2,1-2H3,(H,16,17). The Labute approximate surface area is 107 Å². The zero-order valence-corrected chi connectivity index (χ0v) is 10.9. The van der Waals surface area contributed by atoms with Gasteiger partial charge in [-0.1, -0.05) is 6.07 Å². The highest BCUT2D eigenvalue weighted by molar-refractivity contribution is 5.79. The lowest BCUT2D eigenvalue weighted by Crippen LogP contribution is -2.42. The summed E-state index contributed by atoms with van der Waals surface area (Å²) >= 11 is 0. The van der Waals surface area contributed by atoms with E-state index in [-0.39, 0.29) is 0 Å². The van der Waals surface area contributed by atoms with Crippen LogP contribution < -0.4 is 5.32 Å². The van der Waals surface area contributed by atoms with Crippen LogP contribution in [0.25, 0.3) is 11.0 Å². The molecule has 2 N–H and O–H groups in total. The van der Waals surface area contributed by atoms with Crippen molar-refractivity contribution in [1.82, 2.24) is 15.3 Å². The first-order chi connectivity index (χ1) is 8.72. The highest BCUT2D eigenvalue weighted by atomic mass is 16.5. The lowest BCUT2D eigenvalue weighted by Gasteiger charge is -2.22. The molecule has 0 spiro atoms. The van der Waals surface area contributed by atoms with Gasteiger partial charge in [-0.2, -0.15) is 0 Å². The van der Waals surface area contributed by atoms with Gasteiger partial charge in [-0.05, 0) is 31.0 Å². The molecule has 0 bridgehead atoms. The molecule has 1 saturated heterocycles. The Morgan fingerprint density at radius 3 is 3.06 bits per heavy atom. The van der Waals surface area contributed by atoms with Crippen LogP contribution in [0.2, 0.25) is 0 Å². The highest BCUT2D eigenvalue weighted by Crippen LogP contribution is 2.19. The van der Waals surface area contributed by atoms with Crippen LogP contribution in [0.3, 0.4) is 0 Å². The van der Waals surface area contributed by atoms with Crippen molar-refractivity contribution in [1.29, 1.82) is 0 Å². The van der Waals surface area contributed by atoms with Gasteiger partial charge in [0.05, 0.1) is 24.2 Å². The summed E-state index contributed by atoms with van der Waals surface area (Å²) in [5.41, 5.74) is 4.74. The average molecular weight is 245 g/mol. The SMILES string of the molecule is Cc1cc(C)c2nc(CC3COCCN3)[nH]c2c1. The Bertz CT molecular complexity index is 555. The molecule has 1 unspecified atom stereocenters. The van der Waals surface area contributed by atoms with Gasteiger partial charge in [0, 0.05) is 19.0 Å². The molecular formula is C14H19N3O. The number of H-pyrrole nitrogens is 1. The van der Waals surface area contributed by atoms with Crippen molar-refractivity contribution in [3.8, 4) is 0 Å². The Balaban J connectivity index is 1.86. The van der Waals surface area contributed by atoms with Crippen LogP contribution in [0.15, 0.2) is 12.1 Å². The second-order valence-corrected chi connectivity index (χ2v) is 5.09. The van der Waals surface area contributed by atoms with E-state index in [0.717, 1.165) is 43.0 Å². The first kappa shape index (κ1) is 11.7. The normalized spacial score (nSPS) is 20.4. The Kier molecular flexibility index (Phi) is 3.06. The van der Waals surface area contributed by atoms with Gasteiger partial charge < -0.3 is 15.0 Å². The predicted molar refractivity (Wildman–Crippen MR) is 71.9 cm³/mol. The Morgan fingerprint density at radius 2 is 2.28 bits per heavy atom. The van der Waals surface area contributed by atoms with Gasteiger partial charge in [0.1, 0.15) is 5.82 Å². The largest absolute Gasteiger partial charge is 0.379 e. The van der Waals surface area contributed by atoms with Gasteiger partial charge in [-0.25, -0.2) is 4.98 Å². The number of hydrogen-bond donors (Lipinski definition) is 2. The Morgan fingerprint density at radius 1 is 1.39 bits per heavy atom. The van der Waals surface area contributed by atoms with E-state index in [2.05, 4.69) is 36.3 Å². The van der Waals surface area contributed by atoms with Crippen LogP contribution in [0, 0.1) is 13.8 Å². The minimum Gasteiger partial charge on any atom is -0.379 e. The topological polar surface area (TPSA) is 49.9 Å². The number of imidazole rings is 1. The third-order valence-electron chi connectivity index (χ3n) is 3.41. The van der Waals surface area contributed by atoms with Crippen molar-refractivity contribution < 1.29 is 4.74 Å². The lowest BCUT2D eigenvalue weighted by molar-refractivity contribution is 0.0765. The molecule has 1 atom stereocenters. The quantitative estimate of drug-likeness (QED) is 0.847. The number of nitrogens with zero attached hydrogens (tertiary/aromatic N) is 1. The number of aryl methyl sites for hydroxylation is 2. The number of hydrogen-bond acceptors (Lipinski definition) is 3. The zero-order chi connectivity index (χ0) is 12.5. The van der Waals surface area contributed by atoms with Crippen molar-refractivity contribution in [2.45, 2.75) is 26.3 Å². The molecule has 2 aromatic rings. The van der Waals surface area contributed by atoms with Gasteiger partial charge in [0.25, 0.3) is 0 Å². The second kappa shape index (κ2) is 4.71. The van der Waals surface area contributed by atoms with Crippen molar-refractivity contribution in [3.63, 3.8) is 0 Å². The third kappa shape index (κ3) is 2.26. The molecule has 3 rings (SSSR count). The van der Waals surface area contributed by atoms with Crippen molar-refractivity contribution in [2.75, 3.05) is 19.8 Å². The minimum atomic E-state index is 0.376. The number of morpholine rings is 1. The minimum absolute atomic E-state index is 0.376. The molecule has 0 aliphatic carbocycles. The van der Waals surface area contributed by atoms with E-state index >= 15 is 0 Å². The van der Waals surface area contributed by atoms with Crippen molar-refractivity contribution in [2.24, 2.45) is 0 Å². The fraction of sp³-hybridized carbons (Fsp3) is 0.500. The van der Waals surface area contributed by atoms with E-state index in [1.165, 1.54) is 11.1 Å². The number of fused-ring (bicyclic) bond motifs is 1. The molecule has 0 saturated carbocycles. The summed E-state index contributed by atoms with van der Waals surface area (Å²) < 4.78 is 5.47. The first-order valence-corrected chi connectivity index (χ1v) is 6.49. The van der Waals surface area contributed by atoms with Crippen LogP contribution in [0.1, 0.15) is 17.0 Å². The third-order valence-corrected chi connectivity index (χ3v) is 3.41. The molecule has 1 aliphatic rings. The molecule has 0 amide bonds. The molecule has 0 radical (unpaired) electrons. The molecule has 4 nitrogen and oxygen atoms in total. The van der Waals surface area contributed by atoms with Crippen molar-refractivity contribution in [3.05, 3.63) is 29.1 Å². The summed E-state index contributed by atoms with van der Waals surface area (Å²) in [6, 6.07) is 4.71. The van der Waals surface area contributed by atoms with Gasteiger partial charge >= 0.3 is 0 Å². The fourth-order valence-corrected chi connectivity index (χ4v) is 2.60. The van der Waals surface area contributed by atoms with Gasteiger partial charge in [0.2, 0.25) is 0 Å². The number of nitrogens with one attached hydrogen (secondary N) is 2. The number of aromatic amines is 1. The van der Waals surface area contributed by atoms with E-state index in [9.17, 15) is 0 Å². The molecule has 18 heavy (non-hydrogen) atoms. The summed E-state index contributed by atoms with van der Waals surface area (Å²) in [7, 11) is 0. The van der Waals surface area contributed by atoms with Gasteiger partial charge in [-0.3, -0.25) is 0 Å². The number of aromatic nitrogens is 2. The summed E-state index contributed by atoms with van der Waals surface area (Å²) in [5.74, 6) is 1.04. The van der Waals surface area contributed by atoms with E-state index in [1.807, 2.05) is 0 Å². The maximum absolute atomic E-state index is 5.47. The molecule has 1 aromatic carbocycles. The maximum Gasteiger partial charge on any atom is 0.108 e. The number of benzene rings is 1. The van der Waals surface area contributed by atoms with Gasteiger partial charge in [0.15, 0.2) is 0 Å².